The van der Waals surface area contributed by atoms with Crippen molar-refractivity contribution in [3.63, 3.8) is 0 Å². The summed E-state index contributed by atoms with van der Waals surface area (Å²) in [5.41, 5.74) is 9.75. The van der Waals surface area contributed by atoms with Crippen molar-refractivity contribution in [3.05, 3.63) is 57.9 Å². The quantitative estimate of drug-likeness (QED) is 0.929. The third-order valence-electron chi connectivity index (χ3n) is 3.50. The Morgan fingerprint density at radius 3 is 2.10 bits per heavy atom. The third-order valence-corrected chi connectivity index (χ3v) is 3.50. The largest absolute Gasteiger partial charge is 0.324 e. The first-order valence-corrected chi connectivity index (χ1v) is 7.00. The molecule has 3 nitrogen and oxygen atoms in total. The van der Waals surface area contributed by atoms with E-state index in [1.165, 1.54) is 5.56 Å². The van der Waals surface area contributed by atoms with Crippen LogP contribution in [0, 0.1) is 6.92 Å². The average Bonchev–Trinajstić information content (AvgIpc) is 2.38. The molecule has 0 fully saturated rings. The molecule has 1 heterocycles. The van der Waals surface area contributed by atoms with Gasteiger partial charge in [0.2, 0.25) is 0 Å². The summed E-state index contributed by atoms with van der Waals surface area (Å²) in [6, 6.07) is 11.9. The highest BCUT2D eigenvalue weighted by molar-refractivity contribution is 5.60. The van der Waals surface area contributed by atoms with Crippen LogP contribution in [0.4, 0.5) is 0 Å². The lowest BCUT2D eigenvalue weighted by Gasteiger charge is -2.19. The minimum absolute atomic E-state index is 0.00748. The molecule has 2 N–H and O–H groups in total. The van der Waals surface area contributed by atoms with E-state index in [9.17, 15) is 4.79 Å². The van der Waals surface area contributed by atoms with Gasteiger partial charge in [-0.25, -0.2) is 0 Å². The van der Waals surface area contributed by atoms with Crippen LogP contribution in [0.25, 0.3) is 11.3 Å². The minimum atomic E-state index is -0.250. The topological polar surface area (TPSA) is 48.0 Å². The maximum Gasteiger partial charge on any atom is 0.256 e. The highest BCUT2D eigenvalue weighted by Gasteiger charge is 2.14. The monoisotopic (exact) mass is 270 g/mol. The van der Waals surface area contributed by atoms with Gasteiger partial charge in [-0.1, -0.05) is 29.8 Å². The van der Waals surface area contributed by atoms with E-state index >= 15 is 0 Å². The van der Waals surface area contributed by atoms with Gasteiger partial charge in [-0.05, 0) is 45.4 Å². The Hall–Kier alpha value is -1.87. The molecular formula is C17H22N2O. The van der Waals surface area contributed by atoms with Gasteiger partial charge in [0, 0.05) is 17.6 Å². The average molecular weight is 270 g/mol. The Morgan fingerprint density at radius 1 is 1.00 bits per heavy atom. The van der Waals surface area contributed by atoms with E-state index in [4.69, 9.17) is 5.73 Å². The molecule has 0 saturated heterocycles. The standard InChI is InChI=1S/C17H22N2O/c1-11(2)19-16(14-7-5-12(3)6-8-14)10-9-15(13(4)18)17(19)20/h5-11,13H,18H2,1-4H3. The normalized spacial score (nSPS) is 12.7. The van der Waals surface area contributed by atoms with Gasteiger partial charge >= 0.3 is 0 Å². The van der Waals surface area contributed by atoms with E-state index in [0.29, 0.717) is 5.56 Å². The predicted molar refractivity (Wildman–Crippen MR) is 83.9 cm³/mol. The Balaban J connectivity index is 2.68. The lowest BCUT2D eigenvalue weighted by molar-refractivity contribution is 0.574. The summed E-state index contributed by atoms with van der Waals surface area (Å²) in [5.74, 6) is 0. The van der Waals surface area contributed by atoms with Gasteiger partial charge in [0.05, 0.1) is 5.69 Å². The van der Waals surface area contributed by atoms with Gasteiger partial charge in [-0.2, -0.15) is 0 Å². The molecule has 0 radical (unpaired) electrons. The zero-order valence-electron chi connectivity index (χ0n) is 12.6. The van der Waals surface area contributed by atoms with Crippen LogP contribution in [0.15, 0.2) is 41.2 Å². The molecule has 1 aromatic heterocycles. The smallest absolute Gasteiger partial charge is 0.256 e. The van der Waals surface area contributed by atoms with Crippen LogP contribution in [0.2, 0.25) is 0 Å². The molecule has 106 valence electrons. The van der Waals surface area contributed by atoms with Gasteiger partial charge in [0.1, 0.15) is 0 Å². The van der Waals surface area contributed by atoms with Crippen molar-refractivity contribution in [2.75, 3.05) is 0 Å². The second-order valence-electron chi connectivity index (χ2n) is 5.60. The molecule has 0 amide bonds. The molecule has 0 aliphatic carbocycles. The first-order chi connectivity index (χ1) is 9.41. The summed E-state index contributed by atoms with van der Waals surface area (Å²) in [6.45, 7) is 7.93. The predicted octanol–water partition coefficient (Wildman–Crippen LogP) is 3.42. The van der Waals surface area contributed by atoms with E-state index < -0.39 is 0 Å². The summed E-state index contributed by atoms with van der Waals surface area (Å²) < 4.78 is 1.82. The molecule has 2 aromatic rings. The van der Waals surface area contributed by atoms with Crippen molar-refractivity contribution in [1.82, 2.24) is 4.57 Å². The molecular weight excluding hydrogens is 248 g/mol. The van der Waals surface area contributed by atoms with Gasteiger partial charge < -0.3 is 10.3 Å². The van der Waals surface area contributed by atoms with Crippen molar-refractivity contribution in [2.24, 2.45) is 5.73 Å². The van der Waals surface area contributed by atoms with E-state index in [1.807, 2.05) is 37.5 Å². The van der Waals surface area contributed by atoms with E-state index in [-0.39, 0.29) is 17.6 Å². The van der Waals surface area contributed by atoms with Crippen LogP contribution in [0.1, 0.15) is 44.0 Å². The molecule has 0 aliphatic rings. The van der Waals surface area contributed by atoms with Crippen molar-refractivity contribution in [1.29, 1.82) is 0 Å². The van der Waals surface area contributed by atoms with Gasteiger partial charge in [-0.15, -0.1) is 0 Å². The number of nitrogens with zero attached hydrogens (tertiary/aromatic N) is 1. The molecule has 1 aromatic carbocycles. The number of hydrogen-bond donors (Lipinski definition) is 1. The number of aryl methyl sites for hydroxylation is 1. The zero-order valence-corrected chi connectivity index (χ0v) is 12.6. The summed E-state index contributed by atoms with van der Waals surface area (Å²) in [6.07, 6.45) is 0. The lowest BCUT2D eigenvalue weighted by atomic mass is 10.0. The first-order valence-electron chi connectivity index (χ1n) is 7.00. The molecule has 0 bridgehead atoms. The van der Waals surface area contributed by atoms with Crippen molar-refractivity contribution in [3.8, 4) is 11.3 Å². The number of nitrogens with two attached hydrogens (primary N) is 1. The second kappa shape index (κ2) is 5.63. The summed E-state index contributed by atoms with van der Waals surface area (Å²) in [4.78, 5) is 12.6. The van der Waals surface area contributed by atoms with E-state index in [2.05, 4.69) is 31.2 Å². The number of aromatic nitrogens is 1. The van der Waals surface area contributed by atoms with E-state index in [0.717, 1.165) is 11.3 Å². The number of hydrogen-bond acceptors (Lipinski definition) is 2. The summed E-state index contributed by atoms with van der Waals surface area (Å²) in [5, 5.41) is 0. The summed E-state index contributed by atoms with van der Waals surface area (Å²) in [7, 11) is 0. The van der Waals surface area contributed by atoms with Crippen molar-refractivity contribution in [2.45, 2.75) is 39.8 Å². The SMILES string of the molecule is Cc1ccc(-c2ccc(C(C)N)c(=O)n2C(C)C)cc1. The Morgan fingerprint density at radius 2 is 1.60 bits per heavy atom. The number of benzene rings is 1. The highest BCUT2D eigenvalue weighted by atomic mass is 16.1. The van der Waals surface area contributed by atoms with Crippen LogP contribution in [0.3, 0.4) is 0 Å². The molecule has 0 aliphatic heterocycles. The maximum absolute atomic E-state index is 12.6. The fourth-order valence-corrected chi connectivity index (χ4v) is 2.39. The van der Waals surface area contributed by atoms with Crippen LogP contribution in [-0.2, 0) is 0 Å². The Bertz CT molecular complexity index is 652. The van der Waals surface area contributed by atoms with Crippen molar-refractivity contribution >= 4 is 0 Å². The van der Waals surface area contributed by atoms with Crippen molar-refractivity contribution < 1.29 is 0 Å². The Labute approximate surface area is 120 Å². The molecule has 0 spiro atoms. The number of rotatable bonds is 3. The van der Waals surface area contributed by atoms with E-state index in [1.54, 1.807) is 0 Å². The fourth-order valence-electron chi connectivity index (χ4n) is 2.39. The molecule has 20 heavy (non-hydrogen) atoms. The second-order valence-corrected chi connectivity index (χ2v) is 5.60. The first kappa shape index (κ1) is 14.5. The lowest BCUT2D eigenvalue weighted by Crippen LogP contribution is -2.29. The number of pyridine rings is 1. The van der Waals surface area contributed by atoms with Gasteiger partial charge in [0.15, 0.2) is 0 Å². The van der Waals surface area contributed by atoms with Crippen LogP contribution < -0.4 is 11.3 Å². The molecule has 0 saturated carbocycles. The molecule has 3 heteroatoms. The van der Waals surface area contributed by atoms with Gasteiger partial charge in [-0.3, -0.25) is 4.79 Å². The van der Waals surface area contributed by atoms with Crippen LogP contribution in [0.5, 0.6) is 0 Å². The molecule has 1 unspecified atom stereocenters. The third kappa shape index (κ3) is 2.68. The van der Waals surface area contributed by atoms with Crippen LogP contribution in [-0.4, -0.2) is 4.57 Å². The molecule has 1 atom stereocenters. The molecule has 2 rings (SSSR count). The Kier molecular flexibility index (Phi) is 4.09. The maximum atomic E-state index is 12.6. The zero-order chi connectivity index (χ0) is 14.9. The minimum Gasteiger partial charge on any atom is -0.324 e. The summed E-state index contributed by atoms with van der Waals surface area (Å²) >= 11 is 0. The van der Waals surface area contributed by atoms with Crippen LogP contribution >= 0.6 is 0 Å². The van der Waals surface area contributed by atoms with Gasteiger partial charge in [0.25, 0.3) is 5.56 Å². The highest BCUT2D eigenvalue weighted by Crippen LogP contribution is 2.22. The fraction of sp³-hybridized carbons (Fsp3) is 0.353.